The Balaban J connectivity index is 3.23. The van der Waals surface area contributed by atoms with E-state index in [9.17, 15) is 10.1 Å². The first kappa shape index (κ1) is 19.0. The van der Waals surface area contributed by atoms with Crippen LogP contribution in [-0.4, -0.2) is 25.2 Å². The lowest BCUT2D eigenvalue weighted by atomic mass is 10.1. The molecule has 0 unspecified atom stereocenters. The van der Waals surface area contributed by atoms with Gasteiger partial charge in [0.15, 0.2) is 11.5 Å². The molecule has 0 spiro atoms. The summed E-state index contributed by atoms with van der Waals surface area (Å²) in [4.78, 5) is 12.0. The lowest BCUT2D eigenvalue weighted by Crippen LogP contribution is -2.30. The third-order valence-corrected chi connectivity index (χ3v) is 3.29. The van der Waals surface area contributed by atoms with Crippen molar-refractivity contribution in [3.63, 3.8) is 0 Å². The molecular weight excluding hydrogens is 360 g/mol. The Bertz CT molecular complexity index is 646. The van der Waals surface area contributed by atoms with E-state index in [1.165, 1.54) is 6.08 Å². The topological polar surface area (TPSA) is 71.3 Å². The van der Waals surface area contributed by atoms with Crippen molar-refractivity contribution in [1.82, 2.24) is 5.32 Å². The molecule has 1 aromatic carbocycles. The van der Waals surface area contributed by atoms with Crippen LogP contribution in [0.5, 0.6) is 11.5 Å². The van der Waals surface area contributed by atoms with Crippen LogP contribution in [-0.2, 0) is 4.79 Å². The largest absolute Gasteiger partial charge is 0.493 e. The lowest BCUT2D eigenvalue weighted by molar-refractivity contribution is -0.117. The van der Waals surface area contributed by atoms with E-state index in [-0.39, 0.29) is 17.7 Å². The van der Waals surface area contributed by atoms with Gasteiger partial charge in [0.2, 0.25) is 0 Å². The van der Waals surface area contributed by atoms with Crippen LogP contribution in [0.4, 0.5) is 0 Å². The van der Waals surface area contributed by atoms with E-state index in [0.29, 0.717) is 21.5 Å². The van der Waals surface area contributed by atoms with Gasteiger partial charge in [-0.1, -0.05) is 0 Å². The molecule has 0 bridgehead atoms. The predicted molar refractivity (Wildman–Crippen MR) is 93.3 cm³/mol. The van der Waals surface area contributed by atoms with Gasteiger partial charge in [-0.25, -0.2) is 0 Å². The maximum Gasteiger partial charge on any atom is 0.262 e. The van der Waals surface area contributed by atoms with E-state index < -0.39 is 5.91 Å². The van der Waals surface area contributed by atoms with Crippen LogP contribution >= 0.6 is 15.9 Å². The number of nitriles is 1. The number of carbonyl (C=O) groups excluding carboxylic acids is 1. The Hall–Kier alpha value is -2.00. The highest BCUT2D eigenvalue weighted by molar-refractivity contribution is 9.10. The second kappa shape index (κ2) is 8.59. The summed E-state index contributed by atoms with van der Waals surface area (Å²) < 4.78 is 11.7. The highest BCUT2D eigenvalue weighted by Gasteiger charge is 2.15. The van der Waals surface area contributed by atoms with Crippen LogP contribution in [0.2, 0.25) is 0 Å². The molecule has 1 rings (SSSR count). The minimum absolute atomic E-state index is 0.00641. The summed E-state index contributed by atoms with van der Waals surface area (Å²) in [6.45, 7) is 7.52. The average Bonchev–Trinajstić information content (AvgIpc) is 2.45. The van der Waals surface area contributed by atoms with E-state index in [0.717, 1.165) is 0 Å². The zero-order valence-corrected chi connectivity index (χ0v) is 15.5. The zero-order valence-electron chi connectivity index (χ0n) is 13.9. The smallest absolute Gasteiger partial charge is 0.262 e. The molecule has 0 heterocycles. The molecule has 0 aliphatic heterocycles. The molecule has 0 radical (unpaired) electrons. The summed E-state index contributed by atoms with van der Waals surface area (Å²) in [6, 6.07) is 5.38. The fourth-order valence-electron chi connectivity index (χ4n) is 1.83. The average molecular weight is 381 g/mol. The van der Waals surface area contributed by atoms with Crippen LogP contribution in [0.15, 0.2) is 22.2 Å². The lowest BCUT2D eigenvalue weighted by Gasteiger charge is -2.16. The highest BCUT2D eigenvalue weighted by Crippen LogP contribution is 2.37. The maximum absolute atomic E-state index is 12.0. The Morgan fingerprint density at radius 3 is 2.48 bits per heavy atom. The number of methoxy groups -OCH3 is 1. The van der Waals surface area contributed by atoms with Gasteiger partial charge in [0.25, 0.3) is 5.91 Å². The molecule has 23 heavy (non-hydrogen) atoms. The SMILES string of the molecule is COc1cc(C=C(C#N)C(=O)NC(C)C)cc(Br)c1OC(C)C. The molecule has 1 N–H and O–H groups in total. The monoisotopic (exact) mass is 380 g/mol. The molecule has 0 aromatic heterocycles. The fraction of sp³-hybridized carbons (Fsp3) is 0.412. The molecule has 0 aliphatic carbocycles. The minimum Gasteiger partial charge on any atom is -0.493 e. The van der Waals surface area contributed by atoms with Gasteiger partial charge in [-0.05, 0) is 67.4 Å². The maximum atomic E-state index is 12.0. The molecule has 0 fully saturated rings. The number of rotatable bonds is 6. The van der Waals surface area contributed by atoms with Crippen molar-refractivity contribution in [2.24, 2.45) is 0 Å². The summed E-state index contributed by atoms with van der Waals surface area (Å²) in [6.07, 6.45) is 1.51. The first-order chi connectivity index (χ1) is 10.8. The Kier molecular flexibility index (Phi) is 7.11. The molecular formula is C17H21BrN2O3. The molecule has 1 amide bonds. The molecule has 0 saturated heterocycles. The number of nitrogens with zero attached hydrogens (tertiary/aromatic N) is 1. The van der Waals surface area contributed by atoms with Gasteiger partial charge < -0.3 is 14.8 Å². The standard InChI is InChI=1S/C17H21BrN2O3/c1-10(2)20-17(21)13(9-19)6-12-7-14(18)16(23-11(3)4)15(8-12)22-5/h6-8,10-11H,1-5H3,(H,20,21). The number of benzene rings is 1. The molecule has 0 aliphatic rings. The van der Waals surface area contributed by atoms with Crippen LogP contribution in [0.25, 0.3) is 6.08 Å². The van der Waals surface area contributed by atoms with Gasteiger partial charge in [-0.2, -0.15) is 5.26 Å². The molecule has 0 atom stereocenters. The molecule has 1 aromatic rings. The third-order valence-electron chi connectivity index (χ3n) is 2.70. The van der Waals surface area contributed by atoms with Crippen molar-refractivity contribution in [2.75, 3.05) is 7.11 Å². The zero-order chi connectivity index (χ0) is 17.6. The number of hydrogen-bond donors (Lipinski definition) is 1. The number of ether oxygens (including phenoxy) is 2. The fourth-order valence-corrected chi connectivity index (χ4v) is 2.38. The number of halogens is 1. The van der Waals surface area contributed by atoms with Gasteiger partial charge in [-0.15, -0.1) is 0 Å². The van der Waals surface area contributed by atoms with Gasteiger partial charge in [0.1, 0.15) is 11.6 Å². The van der Waals surface area contributed by atoms with Gasteiger partial charge >= 0.3 is 0 Å². The van der Waals surface area contributed by atoms with E-state index >= 15 is 0 Å². The first-order valence-electron chi connectivity index (χ1n) is 7.25. The third kappa shape index (κ3) is 5.61. The Labute approximate surface area is 145 Å². The summed E-state index contributed by atoms with van der Waals surface area (Å²) in [5.41, 5.74) is 0.700. The van der Waals surface area contributed by atoms with Crippen molar-refractivity contribution >= 4 is 27.9 Å². The number of carbonyl (C=O) groups is 1. The second-order valence-electron chi connectivity index (χ2n) is 5.50. The predicted octanol–water partition coefficient (Wildman–Crippen LogP) is 3.68. The van der Waals surface area contributed by atoms with Gasteiger partial charge in [-0.3, -0.25) is 4.79 Å². The van der Waals surface area contributed by atoms with E-state index in [1.807, 2.05) is 33.8 Å². The van der Waals surface area contributed by atoms with Gasteiger partial charge in [0, 0.05) is 6.04 Å². The second-order valence-corrected chi connectivity index (χ2v) is 6.35. The minimum atomic E-state index is -0.403. The highest BCUT2D eigenvalue weighted by atomic mass is 79.9. The van der Waals surface area contributed by atoms with Crippen LogP contribution in [0.3, 0.4) is 0 Å². The van der Waals surface area contributed by atoms with E-state index in [1.54, 1.807) is 19.2 Å². The van der Waals surface area contributed by atoms with E-state index in [2.05, 4.69) is 21.2 Å². The Morgan fingerprint density at radius 1 is 1.35 bits per heavy atom. The first-order valence-corrected chi connectivity index (χ1v) is 8.04. The van der Waals surface area contributed by atoms with Crippen LogP contribution < -0.4 is 14.8 Å². The molecule has 6 heteroatoms. The van der Waals surface area contributed by atoms with Crippen LogP contribution in [0, 0.1) is 11.3 Å². The summed E-state index contributed by atoms with van der Waals surface area (Å²) in [5.74, 6) is 0.714. The van der Waals surface area contributed by atoms with Crippen LogP contribution in [0.1, 0.15) is 33.3 Å². The summed E-state index contributed by atoms with van der Waals surface area (Å²) >= 11 is 3.44. The Morgan fingerprint density at radius 2 is 2.00 bits per heavy atom. The van der Waals surface area contributed by atoms with Crippen molar-refractivity contribution in [1.29, 1.82) is 5.26 Å². The normalized spacial score (nSPS) is 11.3. The van der Waals surface area contributed by atoms with Crippen molar-refractivity contribution < 1.29 is 14.3 Å². The molecule has 0 saturated carbocycles. The quantitative estimate of drug-likeness (QED) is 0.603. The summed E-state index contributed by atoms with van der Waals surface area (Å²) in [5, 5.41) is 11.9. The van der Waals surface area contributed by atoms with Gasteiger partial charge in [0.05, 0.1) is 17.7 Å². The van der Waals surface area contributed by atoms with Crippen molar-refractivity contribution in [3.8, 4) is 17.6 Å². The number of hydrogen-bond acceptors (Lipinski definition) is 4. The number of amides is 1. The van der Waals surface area contributed by atoms with Crippen molar-refractivity contribution in [2.45, 2.75) is 39.8 Å². The van der Waals surface area contributed by atoms with E-state index in [4.69, 9.17) is 9.47 Å². The molecule has 5 nitrogen and oxygen atoms in total. The van der Waals surface area contributed by atoms with Crippen molar-refractivity contribution in [3.05, 3.63) is 27.7 Å². The number of nitrogens with one attached hydrogen (secondary N) is 1. The summed E-state index contributed by atoms with van der Waals surface area (Å²) in [7, 11) is 1.54. The molecule has 124 valence electrons.